The Morgan fingerprint density at radius 2 is 1.80 bits per heavy atom. The highest BCUT2D eigenvalue weighted by molar-refractivity contribution is 5.33. The Balaban J connectivity index is 2.37. The molecule has 2 heteroatoms. The molecule has 0 aromatic carbocycles. The summed E-state index contributed by atoms with van der Waals surface area (Å²) in [5.74, 6) is 1.36. The first-order chi connectivity index (χ1) is 7.09. The van der Waals surface area contributed by atoms with Crippen LogP contribution in [0.25, 0.3) is 0 Å². The van der Waals surface area contributed by atoms with Crippen LogP contribution in [0.3, 0.4) is 0 Å². The molecule has 0 amide bonds. The molecule has 15 heavy (non-hydrogen) atoms. The molecule has 2 nitrogen and oxygen atoms in total. The zero-order chi connectivity index (χ0) is 10.9. The molecular weight excluding hydrogens is 184 g/mol. The molecule has 1 aliphatic heterocycles. The number of hydrogen-bond donors (Lipinski definition) is 0. The maximum atomic E-state index is 2.49. The molecule has 1 aromatic rings. The smallest absolute Gasteiger partial charge is 0.262 e. The van der Waals surface area contributed by atoms with Gasteiger partial charge in [-0.2, -0.15) is 0 Å². The molecule has 0 saturated carbocycles. The summed E-state index contributed by atoms with van der Waals surface area (Å²) in [6, 6.07) is 6.48. The predicted molar refractivity (Wildman–Crippen MR) is 63.1 cm³/mol. The topological polar surface area (TPSA) is 7.12 Å². The van der Waals surface area contributed by atoms with Crippen LogP contribution in [-0.4, -0.2) is 13.1 Å². The molecule has 0 bridgehead atoms. The fourth-order valence-electron chi connectivity index (χ4n) is 2.21. The Labute approximate surface area is 92.5 Å². The minimum absolute atomic E-state index is 0.166. The summed E-state index contributed by atoms with van der Waals surface area (Å²) < 4.78 is 2.37. The number of hydrogen-bond acceptors (Lipinski definition) is 1. The largest absolute Gasteiger partial charge is 0.276 e. The van der Waals surface area contributed by atoms with Gasteiger partial charge in [0.25, 0.3) is 5.82 Å². The van der Waals surface area contributed by atoms with E-state index in [4.69, 9.17) is 0 Å². The lowest BCUT2D eigenvalue weighted by Crippen LogP contribution is -2.53. The fourth-order valence-corrected chi connectivity index (χ4v) is 2.21. The van der Waals surface area contributed by atoms with E-state index in [9.17, 15) is 0 Å². The van der Waals surface area contributed by atoms with Crippen LogP contribution in [0.5, 0.6) is 0 Å². The van der Waals surface area contributed by atoms with Crippen LogP contribution in [-0.2, 0) is 5.54 Å². The van der Waals surface area contributed by atoms with Gasteiger partial charge in [0.15, 0.2) is 0 Å². The number of nitrogens with zero attached hydrogens (tertiary/aromatic N) is 2. The lowest BCUT2D eigenvalue weighted by Gasteiger charge is -2.23. The molecule has 1 saturated heterocycles. The lowest BCUT2D eigenvalue weighted by atomic mass is 10.1. The SMILES string of the molecule is CC(C)(C)[n+]1ccccc1N1CCCC1. The molecule has 0 unspecified atom stereocenters. The third kappa shape index (κ3) is 2.14. The number of anilines is 1. The number of rotatable bonds is 1. The molecule has 0 atom stereocenters. The quantitative estimate of drug-likeness (QED) is 0.638. The van der Waals surface area contributed by atoms with E-state index in [1.165, 1.54) is 31.7 Å². The molecule has 0 spiro atoms. The van der Waals surface area contributed by atoms with Crippen molar-refractivity contribution in [3.8, 4) is 0 Å². The van der Waals surface area contributed by atoms with E-state index in [-0.39, 0.29) is 5.54 Å². The molecule has 0 aliphatic carbocycles. The van der Waals surface area contributed by atoms with E-state index >= 15 is 0 Å². The second-order valence-corrected chi connectivity index (χ2v) is 5.29. The molecule has 2 rings (SSSR count). The Morgan fingerprint density at radius 3 is 2.40 bits per heavy atom. The Kier molecular flexibility index (Phi) is 2.68. The standard InChI is InChI=1S/C13H21N2/c1-13(2,3)15-11-5-4-8-12(15)14-9-6-7-10-14/h4-5,8,11H,6-7,9-10H2,1-3H3/q+1. The zero-order valence-corrected chi connectivity index (χ0v) is 10.0. The summed E-state index contributed by atoms with van der Waals surface area (Å²) in [5.41, 5.74) is 0.166. The van der Waals surface area contributed by atoms with Crippen LogP contribution in [0.15, 0.2) is 24.4 Å². The average molecular weight is 205 g/mol. The summed E-state index contributed by atoms with van der Waals surface area (Å²) in [5, 5.41) is 0. The first-order valence-electron chi connectivity index (χ1n) is 5.85. The minimum atomic E-state index is 0.166. The Bertz CT molecular complexity index is 333. The van der Waals surface area contributed by atoms with E-state index < -0.39 is 0 Å². The fraction of sp³-hybridized carbons (Fsp3) is 0.615. The second kappa shape index (κ2) is 3.84. The molecule has 1 aliphatic rings. The Morgan fingerprint density at radius 1 is 1.13 bits per heavy atom. The van der Waals surface area contributed by atoms with Crippen molar-refractivity contribution in [2.24, 2.45) is 0 Å². The molecule has 0 N–H and O–H groups in total. The van der Waals surface area contributed by atoms with E-state index in [1.807, 2.05) is 0 Å². The van der Waals surface area contributed by atoms with Gasteiger partial charge in [0.05, 0.1) is 19.3 Å². The minimum Gasteiger partial charge on any atom is -0.262 e. The van der Waals surface area contributed by atoms with Gasteiger partial charge in [0.1, 0.15) is 5.54 Å². The van der Waals surface area contributed by atoms with Crippen LogP contribution < -0.4 is 9.47 Å². The molecule has 2 heterocycles. The number of pyridine rings is 1. The van der Waals surface area contributed by atoms with Gasteiger partial charge in [-0.1, -0.05) is 6.07 Å². The van der Waals surface area contributed by atoms with Gasteiger partial charge in [-0.15, -0.1) is 0 Å². The molecule has 0 radical (unpaired) electrons. The molecular formula is C13H21N2+. The molecule has 1 aromatic heterocycles. The summed E-state index contributed by atoms with van der Waals surface area (Å²) >= 11 is 0. The van der Waals surface area contributed by atoms with Crippen molar-refractivity contribution in [1.29, 1.82) is 0 Å². The van der Waals surface area contributed by atoms with Crippen LogP contribution >= 0.6 is 0 Å². The first kappa shape index (κ1) is 10.5. The monoisotopic (exact) mass is 205 g/mol. The maximum absolute atomic E-state index is 2.49. The van der Waals surface area contributed by atoms with Crippen molar-refractivity contribution in [3.63, 3.8) is 0 Å². The van der Waals surface area contributed by atoms with Gasteiger partial charge in [0.2, 0.25) is 0 Å². The summed E-state index contributed by atoms with van der Waals surface area (Å²) in [4.78, 5) is 2.49. The third-order valence-corrected chi connectivity index (χ3v) is 2.99. The predicted octanol–water partition coefficient (Wildman–Crippen LogP) is 2.33. The van der Waals surface area contributed by atoms with Gasteiger partial charge in [-0.25, -0.2) is 4.57 Å². The van der Waals surface area contributed by atoms with Crippen molar-refractivity contribution >= 4 is 5.82 Å². The van der Waals surface area contributed by atoms with Gasteiger partial charge in [-0.3, -0.25) is 4.90 Å². The van der Waals surface area contributed by atoms with Crippen LogP contribution in [0.4, 0.5) is 5.82 Å². The van der Waals surface area contributed by atoms with Gasteiger partial charge >= 0.3 is 0 Å². The van der Waals surface area contributed by atoms with Gasteiger partial charge in [0, 0.05) is 6.07 Å². The van der Waals surface area contributed by atoms with E-state index in [0.29, 0.717) is 0 Å². The molecule has 1 fully saturated rings. The summed E-state index contributed by atoms with van der Waals surface area (Å²) in [6.07, 6.45) is 4.85. The van der Waals surface area contributed by atoms with E-state index in [1.54, 1.807) is 0 Å². The Hall–Kier alpha value is -1.05. The highest BCUT2D eigenvalue weighted by Gasteiger charge is 2.28. The van der Waals surface area contributed by atoms with Crippen molar-refractivity contribution in [3.05, 3.63) is 24.4 Å². The first-order valence-corrected chi connectivity index (χ1v) is 5.85. The average Bonchev–Trinajstić information content (AvgIpc) is 2.69. The maximum Gasteiger partial charge on any atom is 0.276 e. The van der Waals surface area contributed by atoms with Crippen molar-refractivity contribution in [2.75, 3.05) is 18.0 Å². The highest BCUT2D eigenvalue weighted by atomic mass is 15.3. The normalized spacial score (nSPS) is 17.1. The van der Waals surface area contributed by atoms with Gasteiger partial charge in [-0.05, 0) is 39.7 Å². The van der Waals surface area contributed by atoms with Crippen molar-refractivity contribution in [1.82, 2.24) is 0 Å². The summed E-state index contributed by atoms with van der Waals surface area (Å²) in [6.45, 7) is 9.19. The van der Waals surface area contributed by atoms with Crippen LogP contribution in [0.2, 0.25) is 0 Å². The van der Waals surface area contributed by atoms with Gasteiger partial charge < -0.3 is 0 Å². The number of aromatic nitrogens is 1. The summed E-state index contributed by atoms with van der Waals surface area (Å²) in [7, 11) is 0. The van der Waals surface area contributed by atoms with E-state index in [2.05, 4.69) is 54.6 Å². The lowest BCUT2D eigenvalue weighted by molar-refractivity contribution is -0.742. The van der Waals surface area contributed by atoms with Crippen molar-refractivity contribution < 1.29 is 4.57 Å². The van der Waals surface area contributed by atoms with Crippen LogP contribution in [0, 0.1) is 0 Å². The van der Waals surface area contributed by atoms with E-state index in [0.717, 1.165) is 0 Å². The zero-order valence-electron chi connectivity index (χ0n) is 10.0. The third-order valence-electron chi connectivity index (χ3n) is 2.99. The second-order valence-electron chi connectivity index (χ2n) is 5.29. The highest BCUT2D eigenvalue weighted by Crippen LogP contribution is 2.18. The van der Waals surface area contributed by atoms with Crippen LogP contribution in [0.1, 0.15) is 33.6 Å². The van der Waals surface area contributed by atoms with Crippen molar-refractivity contribution in [2.45, 2.75) is 39.2 Å². The molecule has 82 valence electrons.